The van der Waals surface area contributed by atoms with E-state index in [1.54, 1.807) is 0 Å². The second kappa shape index (κ2) is 3.32. The quantitative estimate of drug-likeness (QED) is 0.568. The fourth-order valence-corrected chi connectivity index (χ4v) is 1.82. The van der Waals surface area contributed by atoms with Crippen molar-refractivity contribution in [1.82, 2.24) is 0 Å². The van der Waals surface area contributed by atoms with Crippen LogP contribution < -0.4 is 0 Å². The summed E-state index contributed by atoms with van der Waals surface area (Å²) >= 11 is 0. The summed E-state index contributed by atoms with van der Waals surface area (Å²) in [5.41, 5.74) is -2.41. The summed E-state index contributed by atoms with van der Waals surface area (Å²) in [5.74, 6) is 0. The first-order valence-corrected chi connectivity index (χ1v) is 4.57. The average molecular weight is 174 g/mol. The van der Waals surface area contributed by atoms with Crippen LogP contribution in [0.3, 0.4) is 0 Å². The minimum atomic E-state index is -1.34. The van der Waals surface area contributed by atoms with Crippen LogP contribution in [0.15, 0.2) is 0 Å². The number of hydrogen-bond acceptors (Lipinski definition) is 3. The molecule has 3 nitrogen and oxygen atoms in total. The lowest BCUT2D eigenvalue weighted by molar-refractivity contribution is -0.176. The molecule has 3 heteroatoms. The Morgan fingerprint density at radius 2 is 1.75 bits per heavy atom. The van der Waals surface area contributed by atoms with Gasteiger partial charge in [-0.15, -0.1) is 0 Å². The molecular formula is C9H18O3. The summed E-state index contributed by atoms with van der Waals surface area (Å²) in [7, 11) is 0. The predicted molar refractivity (Wildman–Crippen MR) is 45.7 cm³/mol. The summed E-state index contributed by atoms with van der Waals surface area (Å²) in [6, 6.07) is 0. The molecule has 1 rings (SSSR count). The van der Waals surface area contributed by atoms with E-state index in [-0.39, 0.29) is 6.61 Å². The van der Waals surface area contributed by atoms with E-state index in [0.29, 0.717) is 12.8 Å². The van der Waals surface area contributed by atoms with Crippen molar-refractivity contribution in [2.24, 2.45) is 0 Å². The lowest BCUT2D eigenvalue weighted by Crippen LogP contribution is -2.55. The van der Waals surface area contributed by atoms with Crippen LogP contribution in [0.4, 0.5) is 0 Å². The van der Waals surface area contributed by atoms with Gasteiger partial charge < -0.3 is 15.3 Å². The van der Waals surface area contributed by atoms with Crippen LogP contribution in [-0.2, 0) is 0 Å². The molecule has 0 aliphatic heterocycles. The third-order valence-electron chi connectivity index (χ3n) is 2.99. The highest BCUT2D eigenvalue weighted by molar-refractivity contribution is 4.97. The molecule has 1 atom stereocenters. The SMILES string of the molecule is CC(O)(CO)C1(O)CCCCC1. The molecule has 0 aromatic heterocycles. The smallest absolute Gasteiger partial charge is 0.113 e. The molecule has 3 N–H and O–H groups in total. The molecular weight excluding hydrogens is 156 g/mol. The molecule has 0 aromatic rings. The lowest BCUT2D eigenvalue weighted by atomic mass is 9.74. The van der Waals surface area contributed by atoms with Gasteiger partial charge in [0.25, 0.3) is 0 Å². The normalized spacial score (nSPS) is 28.0. The Bertz CT molecular complexity index is 148. The summed E-state index contributed by atoms with van der Waals surface area (Å²) < 4.78 is 0. The first-order valence-electron chi connectivity index (χ1n) is 4.57. The second-order valence-electron chi connectivity index (χ2n) is 4.02. The Hall–Kier alpha value is -0.120. The van der Waals surface area contributed by atoms with E-state index < -0.39 is 11.2 Å². The standard InChI is InChI=1S/C9H18O3/c1-8(11,7-10)9(12)5-3-2-4-6-9/h10-12H,2-7H2,1H3. The van der Waals surface area contributed by atoms with Gasteiger partial charge in [-0.2, -0.15) is 0 Å². The van der Waals surface area contributed by atoms with Crippen LogP contribution >= 0.6 is 0 Å². The van der Waals surface area contributed by atoms with Crippen molar-refractivity contribution in [3.05, 3.63) is 0 Å². The molecule has 0 radical (unpaired) electrons. The van der Waals surface area contributed by atoms with Crippen molar-refractivity contribution in [2.75, 3.05) is 6.61 Å². The molecule has 1 unspecified atom stereocenters. The van der Waals surface area contributed by atoms with Crippen LogP contribution in [0.25, 0.3) is 0 Å². The molecule has 0 amide bonds. The minimum absolute atomic E-state index is 0.372. The zero-order valence-corrected chi connectivity index (χ0v) is 7.58. The Morgan fingerprint density at radius 3 is 2.17 bits per heavy atom. The number of hydrogen-bond donors (Lipinski definition) is 3. The maximum atomic E-state index is 9.99. The van der Waals surface area contributed by atoms with Crippen LogP contribution in [0.2, 0.25) is 0 Å². The first-order chi connectivity index (χ1) is 5.52. The monoisotopic (exact) mass is 174 g/mol. The number of aliphatic hydroxyl groups excluding tert-OH is 1. The predicted octanol–water partition coefficient (Wildman–Crippen LogP) is 0.425. The summed E-state index contributed by atoms with van der Waals surface area (Å²) in [6.45, 7) is 1.13. The van der Waals surface area contributed by atoms with Gasteiger partial charge in [-0.1, -0.05) is 19.3 Å². The molecule has 0 bridgehead atoms. The van der Waals surface area contributed by atoms with E-state index in [4.69, 9.17) is 5.11 Å². The van der Waals surface area contributed by atoms with E-state index in [9.17, 15) is 10.2 Å². The van der Waals surface area contributed by atoms with E-state index in [2.05, 4.69) is 0 Å². The average Bonchev–Trinajstić information content (AvgIpc) is 2.06. The van der Waals surface area contributed by atoms with Crippen molar-refractivity contribution in [3.8, 4) is 0 Å². The molecule has 0 spiro atoms. The highest BCUT2D eigenvalue weighted by Crippen LogP contribution is 2.36. The van der Waals surface area contributed by atoms with Gasteiger partial charge in [0.2, 0.25) is 0 Å². The van der Waals surface area contributed by atoms with Gasteiger partial charge in [0.15, 0.2) is 0 Å². The zero-order valence-electron chi connectivity index (χ0n) is 7.58. The van der Waals surface area contributed by atoms with Crippen LogP contribution in [0.5, 0.6) is 0 Å². The largest absolute Gasteiger partial charge is 0.393 e. The lowest BCUT2D eigenvalue weighted by Gasteiger charge is -2.42. The molecule has 1 aliphatic rings. The Balaban J connectivity index is 2.68. The molecule has 1 fully saturated rings. The van der Waals surface area contributed by atoms with Crippen molar-refractivity contribution < 1.29 is 15.3 Å². The highest BCUT2D eigenvalue weighted by atomic mass is 16.4. The topological polar surface area (TPSA) is 60.7 Å². The molecule has 1 aliphatic carbocycles. The van der Waals surface area contributed by atoms with Crippen molar-refractivity contribution >= 4 is 0 Å². The Labute approximate surface area is 73.0 Å². The van der Waals surface area contributed by atoms with Gasteiger partial charge in [0, 0.05) is 0 Å². The number of aliphatic hydroxyl groups is 3. The molecule has 12 heavy (non-hydrogen) atoms. The third-order valence-corrected chi connectivity index (χ3v) is 2.99. The number of rotatable bonds is 2. The van der Waals surface area contributed by atoms with Gasteiger partial charge in [0.05, 0.1) is 12.2 Å². The van der Waals surface area contributed by atoms with Crippen molar-refractivity contribution in [2.45, 2.75) is 50.2 Å². The van der Waals surface area contributed by atoms with Crippen LogP contribution in [0, 0.1) is 0 Å². The van der Waals surface area contributed by atoms with Gasteiger partial charge in [0.1, 0.15) is 5.60 Å². The van der Waals surface area contributed by atoms with E-state index in [1.165, 1.54) is 6.92 Å². The maximum Gasteiger partial charge on any atom is 0.113 e. The highest BCUT2D eigenvalue weighted by Gasteiger charge is 2.45. The fraction of sp³-hybridized carbons (Fsp3) is 1.00. The van der Waals surface area contributed by atoms with Gasteiger partial charge in [-0.25, -0.2) is 0 Å². The summed E-state index contributed by atoms with van der Waals surface area (Å²) in [5, 5.41) is 28.6. The van der Waals surface area contributed by atoms with Crippen molar-refractivity contribution in [1.29, 1.82) is 0 Å². The van der Waals surface area contributed by atoms with Gasteiger partial charge in [-0.3, -0.25) is 0 Å². The van der Waals surface area contributed by atoms with Gasteiger partial charge >= 0.3 is 0 Å². The fourth-order valence-electron chi connectivity index (χ4n) is 1.82. The van der Waals surface area contributed by atoms with Crippen LogP contribution in [-0.4, -0.2) is 33.1 Å². The molecule has 0 saturated heterocycles. The summed E-state index contributed by atoms with van der Waals surface area (Å²) in [4.78, 5) is 0. The molecule has 0 heterocycles. The Kier molecular flexibility index (Phi) is 2.76. The van der Waals surface area contributed by atoms with Crippen molar-refractivity contribution in [3.63, 3.8) is 0 Å². The van der Waals surface area contributed by atoms with Crippen LogP contribution in [0.1, 0.15) is 39.0 Å². The zero-order chi connectivity index (χ0) is 9.24. The second-order valence-corrected chi connectivity index (χ2v) is 4.02. The minimum Gasteiger partial charge on any atom is -0.393 e. The maximum absolute atomic E-state index is 9.99. The molecule has 1 saturated carbocycles. The van der Waals surface area contributed by atoms with E-state index in [0.717, 1.165) is 19.3 Å². The van der Waals surface area contributed by atoms with Gasteiger partial charge in [-0.05, 0) is 19.8 Å². The Morgan fingerprint density at radius 1 is 1.25 bits per heavy atom. The molecule has 72 valence electrons. The third kappa shape index (κ3) is 1.63. The molecule has 0 aromatic carbocycles. The first kappa shape index (κ1) is 9.96. The van der Waals surface area contributed by atoms with E-state index in [1.807, 2.05) is 0 Å². The summed E-state index contributed by atoms with van der Waals surface area (Å²) in [6.07, 6.45) is 4.18. The van der Waals surface area contributed by atoms with E-state index >= 15 is 0 Å².